The molecule has 8 heteroatoms. The Morgan fingerprint density at radius 2 is 1.89 bits per heavy atom. The van der Waals surface area contributed by atoms with Gasteiger partial charge in [-0.05, 0) is 45.4 Å². The lowest BCUT2D eigenvalue weighted by molar-refractivity contribution is -0.153. The molecule has 3 aromatic rings. The summed E-state index contributed by atoms with van der Waals surface area (Å²) in [6.45, 7) is 6.91. The number of carbonyl (C=O) groups excluding carboxylic acids is 2. The van der Waals surface area contributed by atoms with Crippen molar-refractivity contribution in [3.8, 4) is 0 Å². The zero-order valence-corrected chi connectivity index (χ0v) is 16.9. The number of rotatable bonds is 5. The van der Waals surface area contributed by atoms with Crippen LogP contribution in [0.4, 0.5) is 5.69 Å². The van der Waals surface area contributed by atoms with Gasteiger partial charge in [-0.15, -0.1) is 11.3 Å². The number of nitrogens with zero attached hydrogens (tertiary/aromatic N) is 2. The van der Waals surface area contributed by atoms with Crippen molar-refractivity contribution in [2.45, 2.75) is 40.3 Å². The predicted octanol–water partition coefficient (Wildman–Crippen LogP) is 2.95. The highest BCUT2D eigenvalue weighted by Crippen LogP contribution is 2.25. The van der Waals surface area contributed by atoms with Crippen LogP contribution in [0.2, 0.25) is 0 Å². The molecule has 0 fully saturated rings. The zero-order valence-electron chi connectivity index (χ0n) is 16.1. The maximum atomic E-state index is 12.6. The van der Waals surface area contributed by atoms with Gasteiger partial charge in [0.25, 0.3) is 11.5 Å². The molecule has 0 radical (unpaired) electrons. The van der Waals surface area contributed by atoms with Crippen molar-refractivity contribution < 1.29 is 14.3 Å². The van der Waals surface area contributed by atoms with E-state index in [0.717, 1.165) is 16.0 Å². The van der Waals surface area contributed by atoms with Crippen LogP contribution < -0.4 is 10.9 Å². The van der Waals surface area contributed by atoms with Gasteiger partial charge in [0.05, 0.1) is 11.7 Å². The molecular formula is C20H21N3O4S. The Labute approximate surface area is 166 Å². The maximum Gasteiger partial charge on any atom is 0.326 e. The van der Waals surface area contributed by atoms with Crippen LogP contribution in [-0.4, -0.2) is 27.5 Å². The Morgan fingerprint density at radius 3 is 2.57 bits per heavy atom. The quantitative estimate of drug-likeness (QED) is 0.666. The molecule has 0 saturated carbocycles. The summed E-state index contributed by atoms with van der Waals surface area (Å²) in [6.07, 6.45) is 0.338. The fraction of sp³-hybridized carbons (Fsp3) is 0.300. The molecule has 0 spiro atoms. The SMILES string of the molecule is Cc1ccc(NC(=O)[C@H](C)OC(=O)Cn2cnc3sc(C)c(C)c3c2=O)cc1. The highest BCUT2D eigenvalue weighted by atomic mass is 32.1. The Morgan fingerprint density at radius 1 is 1.21 bits per heavy atom. The Balaban J connectivity index is 1.66. The Hall–Kier alpha value is -3.00. The number of fused-ring (bicyclic) bond motifs is 1. The van der Waals surface area contributed by atoms with Crippen molar-refractivity contribution in [2.75, 3.05) is 5.32 Å². The smallest absolute Gasteiger partial charge is 0.326 e. The minimum atomic E-state index is -0.994. The summed E-state index contributed by atoms with van der Waals surface area (Å²) in [5, 5.41) is 3.20. The largest absolute Gasteiger partial charge is 0.451 e. The van der Waals surface area contributed by atoms with Crippen molar-refractivity contribution in [3.05, 3.63) is 57.0 Å². The van der Waals surface area contributed by atoms with Crippen LogP contribution in [0.5, 0.6) is 0 Å². The molecular weight excluding hydrogens is 378 g/mol. The second-order valence-corrected chi connectivity index (χ2v) is 7.83. The number of ether oxygens (including phenoxy) is 1. The van der Waals surface area contributed by atoms with Crippen LogP contribution in [0.15, 0.2) is 35.4 Å². The minimum absolute atomic E-state index is 0.291. The van der Waals surface area contributed by atoms with Gasteiger partial charge in [-0.3, -0.25) is 19.0 Å². The lowest BCUT2D eigenvalue weighted by Crippen LogP contribution is -2.33. The molecule has 1 atom stereocenters. The monoisotopic (exact) mass is 399 g/mol. The molecule has 28 heavy (non-hydrogen) atoms. The van der Waals surface area contributed by atoms with E-state index in [0.29, 0.717) is 15.9 Å². The topological polar surface area (TPSA) is 90.3 Å². The fourth-order valence-corrected chi connectivity index (χ4v) is 3.68. The molecule has 0 saturated heterocycles. The van der Waals surface area contributed by atoms with Crippen molar-refractivity contribution in [2.24, 2.45) is 0 Å². The first-order valence-corrected chi connectivity index (χ1v) is 9.60. The molecule has 2 heterocycles. The van der Waals surface area contributed by atoms with Gasteiger partial charge in [0, 0.05) is 10.6 Å². The van der Waals surface area contributed by atoms with E-state index in [1.165, 1.54) is 29.2 Å². The van der Waals surface area contributed by atoms with Crippen LogP contribution in [0, 0.1) is 20.8 Å². The third-order valence-electron chi connectivity index (χ3n) is 4.45. The number of anilines is 1. The molecule has 2 aromatic heterocycles. The van der Waals surface area contributed by atoms with Crippen LogP contribution >= 0.6 is 11.3 Å². The number of carbonyl (C=O) groups is 2. The normalized spacial score (nSPS) is 12.0. The van der Waals surface area contributed by atoms with Crippen LogP contribution in [-0.2, 0) is 20.9 Å². The van der Waals surface area contributed by atoms with Gasteiger partial charge >= 0.3 is 5.97 Å². The van der Waals surface area contributed by atoms with Crippen LogP contribution in [0.1, 0.15) is 22.9 Å². The number of hydrogen-bond acceptors (Lipinski definition) is 6. The van der Waals surface area contributed by atoms with Crippen LogP contribution in [0.3, 0.4) is 0 Å². The molecule has 0 bridgehead atoms. The van der Waals surface area contributed by atoms with Crippen LogP contribution in [0.25, 0.3) is 10.2 Å². The van der Waals surface area contributed by atoms with Crippen molar-refractivity contribution in [1.29, 1.82) is 0 Å². The summed E-state index contributed by atoms with van der Waals surface area (Å²) in [4.78, 5) is 43.0. The third kappa shape index (κ3) is 4.12. The molecule has 3 rings (SSSR count). The molecule has 1 aromatic carbocycles. The van der Waals surface area contributed by atoms with Gasteiger partial charge < -0.3 is 10.1 Å². The zero-order chi connectivity index (χ0) is 20.4. The van der Waals surface area contributed by atoms with E-state index < -0.39 is 18.0 Å². The van der Waals surface area contributed by atoms with Gasteiger partial charge in [0.2, 0.25) is 0 Å². The highest BCUT2D eigenvalue weighted by molar-refractivity contribution is 7.18. The van der Waals surface area contributed by atoms with E-state index in [-0.39, 0.29) is 12.1 Å². The summed E-state index contributed by atoms with van der Waals surface area (Å²) in [6, 6.07) is 7.28. The summed E-state index contributed by atoms with van der Waals surface area (Å²) >= 11 is 1.44. The number of benzene rings is 1. The molecule has 146 valence electrons. The molecule has 0 aliphatic rings. The van der Waals surface area contributed by atoms with E-state index in [9.17, 15) is 14.4 Å². The third-order valence-corrected chi connectivity index (χ3v) is 5.57. The van der Waals surface area contributed by atoms with Crippen molar-refractivity contribution in [1.82, 2.24) is 9.55 Å². The lowest BCUT2D eigenvalue weighted by atomic mass is 10.2. The number of nitrogens with one attached hydrogen (secondary N) is 1. The van der Waals surface area contributed by atoms with E-state index in [1.54, 1.807) is 12.1 Å². The van der Waals surface area contributed by atoms with Gasteiger partial charge in [-0.1, -0.05) is 17.7 Å². The molecule has 0 aliphatic heterocycles. The number of hydrogen-bond donors (Lipinski definition) is 1. The molecule has 0 unspecified atom stereocenters. The summed E-state index contributed by atoms with van der Waals surface area (Å²) in [7, 11) is 0. The van der Waals surface area contributed by atoms with E-state index in [1.807, 2.05) is 32.9 Å². The first-order valence-electron chi connectivity index (χ1n) is 8.78. The number of aryl methyl sites for hydroxylation is 3. The van der Waals surface area contributed by atoms with Crippen molar-refractivity contribution >= 4 is 39.1 Å². The second-order valence-electron chi connectivity index (χ2n) is 6.63. The average molecular weight is 399 g/mol. The minimum Gasteiger partial charge on any atom is -0.451 e. The number of esters is 1. The number of amides is 1. The molecule has 0 aliphatic carbocycles. The highest BCUT2D eigenvalue weighted by Gasteiger charge is 2.19. The first kappa shape index (κ1) is 19.8. The molecule has 1 N–H and O–H groups in total. The van der Waals surface area contributed by atoms with Gasteiger partial charge in [-0.2, -0.15) is 0 Å². The Kier molecular flexibility index (Phi) is 5.60. The summed E-state index contributed by atoms with van der Waals surface area (Å²) in [5.41, 5.74) is 2.27. The molecule has 1 amide bonds. The maximum absolute atomic E-state index is 12.6. The standard InChI is InChI=1S/C20H21N3O4S/c1-11-5-7-15(8-6-11)22-18(25)13(3)27-16(24)9-23-10-21-19-17(20(23)26)12(2)14(4)28-19/h5-8,10,13H,9H2,1-4H3,(H,22,25)/t13-/m0/s1. The average Bonchev–Trinajstić information content (AvgIpc) is 2.94. The van der Waals surface area contributed by atoms with Gasteiger partial charge in [0.15, 0.2) is 6.10 Å². The fourth-order valence-electron chi connectivity index (χ4n) is 2.69. The van der Waals surface area contributed by atoms with Crippen molar-refractivity contribution in [3.63, 3.8) is 0 Å². The van der Waals surface area contributed by atoms with E-state index >= 15 is 0 Å². The van der Waals surface area contributed by atoms with E-state index in [4.69, 9.17) is 4.74 Å². The lowest BCUT2D eigenvalue weighted by Gasteiger charge is -2.14. The predicted molar refractivity (Wildman–Crippen MR) is 109 cm³/mol. The van der Waals surface area contributed by atoms with Gasteiger partial charge in [-0.25, -0.2) is 4.98 Å². The summed E-state index contributed by atoms with van der Waals surface area (Å²) in [5.74, 6) is -1.12. The summed E-state index contributed by atoms with van der Waals surface area (Å²) < 4.78 is 6.38. The Bertz CT molecular complexity index is 1100. The van der Waals surface area contributed by atoms with E-state index in [2.05, 4.69) is 10.3 Å². The van der Waals surface area contributed by atoms with Gasteiger partial charge in [0.1, 0.15) is 11.4 Å². The number of aromatic nitrogens is 2. The first-order chi connectivity index (χ1) is 13.3. The second kappa shape index (κ2) is 7.93. The molecule has 7 nitrogen and oxygen atoms in total. The number of thiophene rings is 1.